The Kier molecular flexibility index (Phi) is 11.9. The number of benzene rings is 4. The lowest BCUT2D eigenvalue weighted by atomic mass is 10.0. The van der Waals surface area contributed by atoms with Gasteiger partial charge in [0.25, 0.3) is 4.20 Å². The topological polar surface area (TPSA) is 133 Å². The number of nitrogens with zero attached hydrogens (tertiary/aromatic N) is 2. The fourth-order valence-electron chi connectivity index (χ4n) is 7.32. The molecule has 2 N–H and O–H groups in total. The second kappa shape index (κ2) is 16.0. The van der Waals surface area contributed by atoms with Gasteiger partial charge in [0.1, 0.15) is 0 Å². The number of para-hydroxylation sites is 1. The molecule has 0 saturated carbocycles. The van der Waals surface area contributed by atoms with Crippen LogP contribution in [0, 0.1) is 20.8 Å². The molecule has 1 saturated heterocycles. The van der Waals surface area contributed by atoms with Gasteiger partial charge in [-0.15, -0.1) is 0 Å². The van der Waals surface area contributed by atoms with Crippen molar-refractivity contribution < 1.29 is 25.3 Å². The van der Waals surface area contributed by atoms with E-state index in [0.717, 1.165) is 16.7 Å². The standard InChI is InChI=1S/C40H47BrN4O6S3/c1-29-11-17-33(18-12-29)52(46,47)39-40(53(48,49)34-19-13-30(2)14-20-34,54(50,51)35-21-15-31(3)16-22-35)45-28-8-24-43-26-25-42-23-7-27-44(39)38(41)32(4)36-9-5-6-10-37(36)45/h5-6,9-22,38-39,42-43H,4,7-8,23-28H2,1-3H3. The maximum atomic E-state index is 16.3. The molecule has 3 atom stereocenters. The summed E-state index contributed by atoms with van der Waals surface area (Å²) < 4.78 is 93.6. The molecule has 0 aliphatic carbocycles. The van der Waals surface area contributed by atoms with E-state index in [2.05, 4.69) is 33.1 Å². The van der Waals surface area contributed by atoms with Crippen LogP contribution in [0.4, 0.5) is 5.69 Å². The third kappa shape index (κ3) is 7.10. The van der Waals surface area contributed by atoms with Gasteiger partial charge in [-0.2, -0.15) is 0 Å². The summed E-state index contributed by atoms with van der Waals surface area (Å²) in [4.78, 5) is 1.01. The Bertz CT molecular complexity index is 2240. The van der Waals surface area contributed by atoms with Gasteiger partial charge < -0.3 is 15.5 Å². The molecule has 6 rings (SSSR count). The quantitative estimate of drug-likeness (QED) is 0.180. The highest BCUT2D eigenvalue weighted by Crippen LogP contribution is 2.52. The third-order valence-corrected chi connectivity index (χ3v) is 19.2. The van der Waals surface area contributed by atoms with E-state index >= 15 is 25.3 Å². The number of nitrogens with one attached hydrogen (secondary N) is 2. The second-order valence-electron chi connectivity index (χ2n) is 13.9. The minimum absolute atomic E-state index is 0.00425. The van der Waals surface area contributed by atoms with Gasteiger partial charge in [0, 0.05) is 37.4 Å². The number of rotatable bonds is 6. The summed E-state index contributed by atoms with van der Waals surface area (Å²) in [6.07, 6.45) is 0.645. The van der Waals surface area contributed by atoms with Crippen LogP contribution in [0.3, 0.4) is 0 Å². The fraction of sp³-hybridized carbons (Fsp3) is 0.350. The van der Waals surface area contributed by atoms with Gasteiger partial charge in [-0.25, -0.2) is 25.3 Å². The Morgan fingerprint density at radius 1 is 0.630 bits per heavy atom. The molecule has 54 heavy (non-hydrogen) atoms. The molecule has 0 spiro atoms. The van der Waals surface area contributed by atoms with E-state index in [-0.39, 0.29) is 39.9 Å². The maximum absolute atomic E-state index is 16.3. The molecular formula is C40H47BrN4O6S3. The predicted octanol–water partition coefficient (Wildman–Crippen LogP) is 5.84. The monoisotopic (exact) mass is 854 g/mol. The van der Waals surface area contributed by atoms with E-state index in [0.29, 0.717) is 43.7 Å². The largest absolute Gasteiger partial charge is 0.337 e. The molecule has 288 valence electrons. The number of sulfone groups is 3. The number of halogens is 1. The van der Waals surface area contributed by atoms with Crippen molar-refractivity contribution in [3.05, 3.63) is 126 Å². The van der Waals surface area contributed by atoms with Crippen LogP contribution in [0.25, 0.3) is 5.57 Å². The van der Waals surface area contributed by atoms with Crippen LogP contribution in [-0.2, 0) is 29.5 Å². The van der Waals surface area contributed by atoms with Crippen LogP contribution >= 0.6 is 15.9 Å². The maximum Gasteiger partial charge on any atom is 0.283 e. The molecule has 10 nitrogen and oxygen atoms in total. The molecule has 4 aromatic carbocycles. The Hall–Kier alpha value is -3.37. The highest BCUT2D eigenvalue weighted by molar-refractivity contribution is 9.09. The van der Waals surface area contributed by atoms with Gasteiger partial charge >= 0.3 is 0 Å². The molecule has 14 heteroatoms. The van der Waals surface area contributed by atoms with Gasteiger partial charge in [-0.05, 0) is 94.7 Å². The Balaban J connectivity index is 1.89. The average molecular weight is 856 g/mol. The number of fused-ring (bicyclic) bond motifs is 5. The summed E-state index contributed by atoms with van der Waals surface area (Å²) in [6, 6.07) is 24.9. The van der Waals surface area contributed by atoms with Crippen molar-refractivity contribution >= 4 is 56.7 Å². The van der Waals surface area contributed by atoms with E-state index in [4.69, 9.17) is 0 Å². The molecule has 3 unspecified atom stereocenters. The first-order valence-electron chi connectivity index (χ1n) is 18.0. The number of anilines is 1. The van der Waals surface area contributed by atoms with Crippen molar-refractivity contribution in [3.63, 3.8) is 0 Å². The van der Waals surface area contributed by atoms with Gasteiger partial charge in [-0.1, -0.05) is 93.8 Å². The van der Waals surface area contributed by atoms with Gasteiger partial charge in [0.05, 0.1) is 19.6 Å². The summed E-state index contributed by atoms with van der Waals surface area (Å²) in [5.41, 5.74) is 3.49. The van der Waals surface area contributed by atoms with Crippen LogP contribution in [0.15, 0.2) is 118 Å². The van der Waals surface area contributed by atoms with E-state index in [1.807, 2.05) is 6.92 Å². The summed E-state index contributed by atoms with van der Waals surface area (Å²) >= 11 is 3.78. The first-order valence-corrected chi connectivity index (χ1v) is 23.4. The van der Waals surface area contributed by atoms with Crippen molar-refractivity contribution in [2.75, 3.05) is 44.2 Å². The molecule has 1 fully saturated rings. The first-order chi connectivity index (χ1) is 25.7. The summed E-state index contributed by atoms with van der Waals surface area (Å²) in [6.45, 7) is 11.9. The van der Waals surface area contributed by atoms with Crippen molar-refractivity contribution in [1.29, 1.82) is 0 Å². The summed E-state index contributed by atoms with van der Waals surface area (Å²) in [7, 11) is -15.4. The minimum atomic E-state index is -5.23. The van der Waals surface area contributed by atoms with Crippen LogP contribution in [0.1, 0.15) is 35.1 Å². The lowest BCUT2D eigenvalue weighted by Crippen LogP contribution is -2.74. The van der Waals surface area contributed by atoms with Crippen molar-refractivity contribution in [1.82, 2.24) is 15.5 Å². The predicted molar refractivity (Wildman–Crippen MR) is 219 cm³/mol. The molecule has 2 bridgehead atoms. The fourth-order valence-corrected chi connectivity index (χ4v) is 16.7. The smallest absolute Gasteiger partial charge is 0.283 e. The Labute approximate surface area is 328 Å². The van der Waals surface area contributed by atoms with Gasteiger partial charge in [0.15, 0.2) is 15.2 Å². The zero-order chi connectivity index (χ0) is 38.9. The van der Waals surface area contributed by atoms with E-state index in [1.165, 1.54) is 46.2 Å². The van der Waals surface area contributed by atoms with Crippen LogP contribution < -0.4 is 15.5 Å². The zero-order valence-electron chi connectivity index (χ0n) is 30.7. The van der Waals surface area contributed by atoms with Crippen LogP contribution in [0.2, 0.25) is 0 Å². The summed E-state index contributed by atoms with van der Waals surface area (Å²) in [5.74, 6) is 0. The highest BCUT2D eigenvalue weighted by atomic mass is 79.9. The van der Waals surface area contributed by atoms with E-state index in [1.54, 1.807) is 74.5 Å². The molecule has 0 radical (unpaired) electrons. The Morgan fingerprint density at radius 2 is 1.07 bits per heavy atom. The van der Waals surface area contributed by atoms with E-state index in [9.17, 15) is 0 Å². The summed E-state index contributed by atoms with van der Waals surface area (Å²) in [5, 5.41) is 4.53. The molecule has 2 heterocycles. The van der Waals surface area contributed by atoms with E-state index < -0.39 is 44.0 Å². The lowest BCUT2D eigenvalue weighted by Gasteiger charge is -2.53. The molecule has 4 aromatic rings. The van der Waals surface area contributed by atoms with Gasteiger partial charge in [0.2, 0.25) is 19.7 Å². The normalized spacial score (nSPS) is 21.7. The third-order valence-electron chi connectivity index (χ3n) is 10.2. The zero-order valence-corrected chi connectivity index (χ0v) is 34.7. The number of hydrogen-bond donors (Lipinski definition) is 2. The van der Waals surface area contributed by atoms with Crippen LogP contribution in [0.5, 0.6) is 0 Å². The number of hydrogen-bond acceptors (Lipinski definition) is 10. The molecule has 2 aliphatic rings. The lowest BCUT2D eigenvalue weighted by molar-refractivity contribution is 0.232. The van der Waals surface area contributed by atoms with Crippen LogP contribution in [-0.4, -0.2) is 83.9 Å². The van der Waals surface area contributed by atoms with Gasteiger partial charge in [-0.3, -0.25) is 4.90 Å². The Morgan fingerprint density at radius 3 is 1.57 bits per heavy atom. The first kappa shape index (κ1) is 40.3. The molecule has 2 aliphatic heterocycles. The second-order valence-corrected chi connectivity index (χ2v) is 21.3. The number of aryl methyl sites for hydroxylation is 3. The average Bonchev–Trinajstić information content (AvgIpc) is 3.14. The molecular weight excluding hydrogens is 809 g/mol. The molecule has 0 amide bonds. The molecule has 0 aromatic heterocycles. The van der Waals surface area contributed by atoms with Crippen molar-refractivity contribution in [2.45, 2.75) is 62.8 Å². The highest BCUT2D eigenvalue weighted by Gasteiger charge is 2.71. The van der Waals surface area contributed by atoms with Crippen molar-refractivity contribution in [3.8, 4) is 0 Å². The number of alkyl halides is 1. The minimum Gasteiger partial charge on any atom is -0.337 e. The SMILES string of the molecule is C=C1c2ccccc2N2CCCNCCNCCCN(C1Br)C(S(=O)(=O)c1ccc(C)cc1)C2(S(=O)(=O)c1ccc(C)cc1)S(=O)(=O)c1ccc(C)cc1. The van der Waals surface area contributed by atoms with Crippen molar-refractivity contribution in [2.24, 2.45) is 0 Å².